The Morgan fingerprint density at radius 2 is 0.774 bits per heavy atom. The fourth-order valence-corrected chi connectivity index (χ4v) is 6.86. The maximum absolute atomic E-state index is 13.2. The molecule has 0 atom stereocenters. The number of anilines is 6. The number of urea groups is 4. The standard InChI is InChI=1S/C35H32N8O8S2/c1-23-20-21-26(38-34(46)42-52(48,49)30-18-10-8-16-27(30)39-32(44)36-24-12-4-2-5-13-24)22-29(23)41-35(47)43-53(50,51)31-19-11-9-17-28(31)40-33(45)37-25-14-6-3-7-15-25/h2-22H,1H3,(H2,36,39,44)(H2,37,40,45)(H2,38,42,46)(H2,41,43,47). The van der Waals surface area contributed by atoms with E-state index in [-0.39, 0.29) is 22.7 Å². The van der Waals surface area contributed by atoms with Crippen LogP contribution in [0.3, 0.4) is 0 Å². The van der Waals surface area contributed by atoms with Crippen LogP contribution in [-0.4, -0.2) is 41.0 Å². The molecule has 0 aliphatic heterocycles. The smallest absolute Gasteiger partial charge is 0.308 e. The fourth-order valence-electron chi connectivity index (χ4n) is 4.71. The van der Waals surface area contributed by atoms with Crippen LogP contribution < -0.4 is 41.3 Å². The lowest BCUT2D eigenvalue weighted by Crippen LogP contribution is -2.35. The van der Waals surface area contributed by atoms with Crippen molar-refractivity contribution in [2.24, 2.45) is 0 Å². The molecule has 8 amide bonds. The molecule has 0 aliphatic carbocycles. The summed E-state index contributed by atoms with van der Waals surface area (Å²) in [6.07, 6.45) is 0. The van der Waals surface area contributed by atoms with Crippen LogP contribution in [0.1, 0.15) is 5.56 Å². The van der Waals surface area contributed by atoms with E-state index in [1.807, 2.05) is 9.44 Å². The Labute approximate surface area is 304 Å². The van der Waals surface area contributed by atoms with Gasteiger partial charge in [-0.3, -0.25) is 0 Å². The molecule has 5 aromatic carbocycles. The van der Waals surface area contributed by atoms with Crippen molar-refractivity contribution in [3.63, 3.8) is 0 Å². The van der Waals surface area contributed by atoms with Gasteiger partial charge >= 0.3 is 24.1 Å². The molecule has 8 N–H and O–H groups in total. The lowest BCUT2D eigenvalue weighted by molar-refractivity contribution is 0.255. The summed E-state index contributed by atoms with van der Waals surface area (Å²) in [5, 5.41) is 14.8. The van der Waals surface area contributed by atoms with E-state index in [4.69, 9.17) is 0 Å². The van der Waals surface area contributed by atoms with Crippen LogP contribution in [0, 0.1) is 6.92 Å². The predicted molar refractivity (Wildman–Crippen MR) is 201 cm³/mol. The zero-order chi connectivity index (χ0) is 38.0. The van der Waals surface area contributed by atoms with Crippen LogP contribution >= 0.6 is 0 Å². The van der Waals surface area contributed by atoms with Crippen LogP contribution in [0.25, 0.3) is 0 Å². The minimum absolute atomic E-state index is 0.0362. The van der Waals surface area contributed by atoms with Crippen LogP contribution in [0.2, 0.25) is 0 Å². The highest BCUT2D eigenvalue weighted by atomic mass is 32.2. The van der Waals surface area contributed by atoms with Gasteiger partial charge in [-0.2, -0.15) is 0 Å². The lowest BCUT2D eigenvalue weighted by atomic mass is 10.2. The summed E-state index contributed by atoms with van der Waals surface area (Å²) >= 11 is 0. The van der Waals surface area contributed by atoms with Crippen LogP contribution in [0.4, 0.5) is 53.3 Å². The van der Waals surface area contributed by atoms with E-state index < -0.39 is 54.0 Å². The Morgan fingerprint density at radius 3 is 1.25 bits per heavy atom. The second-order valence-electron chi connectivity index (χ2n) is 11.0. The number of amides is 8. The summed E-state index contributed by atoms with van der Waals surface area (Å²) < 4.78 is 56.6. The molecule has 0 bridgehead atoms. The molecular formula is C35H32N8O8S2. The minimum atomic E-state index is -4.53. The molecule has 0 saturated carbocycles. The number of para-hydroxylation sites is 4. The molecule has 0 aromatic heterocycles. The van der Waals surface area contributed by atoms with Crippen molar-refractivity contribution in [1.82, 2.24) is 9.44 Å². The van der Waals surface area contributed by atoms with Crippen molar-refractivity contribution in [2.75, 3.05) is 31.9 Å². The van der Waals surface area contributed by atoms with Crippen molar-refractivity contribution in [3.05, 3.63) is 133 Å². The quantitative estimate of drug-likeness (QED) is 0.0803. The molecular weight excluding hydrogens is 725 g/mol. The number of sulfonamides is 2. The highest BCUT2D eigenvalue weighted by Gasteiger charge is 2.24. The average molecular weight is 757 g/mol. The molecule has 5 rings (SSSR count). The maximum Gasteiger partial charge on any atom is 0.333 e. The van der Waals surface area contributed by atoms with E-state index in [0.29, 0.717) is 16.9 Å². The SMILES string of the molecule is Cc1ccc(NC(=O)NS(=O)(=O)c2ccccc2NC(=O)Nc2ccccc2)cc1NC(=O)NS(=O)(=O)c1ccccc1NC(=O)Nc1ccccc1. The average Bonchev–Trinajstić information content (AvgIpc) is 3.10. The third kappa shape index (κ3) is 10.3. The van der Waals surface area contributed by atoms with Crippen LogP contribution in [0.5, 0.6) is 0 Å². The Morgan fingerprint density at radius 1 is 0.396 bits per heavy atom. The van der Waals surface area contributed by atoms with E-state index in [0.717, 1.165) is 0 Å². The Kier molecular flexibility index (Phi) is 11.6. The molecule has 272 valence electrons. The zero-order valence-corrected chi connectivity index (χ0v) is 29.3. The van der Waals surface area contributed by atoms with Crippen molar-refractivity contribution in [1.29, 1.82) is 0 Å². The number of hydrogen-bond acceptors (Lipinski definition) is 8. The second-order valence-corrected chi connectivity index (χ2v) is 14.3. The molecule has 16 nitrogen and oxygen atoms in total. The molecule has 0 fully saturated rings. The first-order valence-electron chi connectivity index (χ1n) is 15.5. The van der Waals surface area contributed by atoms with Gasteiger partial charge in [0.1, 0.15) is 9.79 Å². The van der Waals surface area contributed by atoms with E-state index in [9.17, 15) is 36.0 Å². The van der Waals surface area contributed by atoms with Crippen molar-refractivity contribution in [2.45, 2.75) is 16.7 Å². The predicted octanol–water partition coefficient (Wildman–Crippen LogP) is 6.30. The first-order valence-corrected chi connectivity index (χ1v) is 18.5. The summed E-state index contributed by atoms with van der Waals surface area (Å²) in [5.41, 5.74) is 1.32. The Balaban J connectivity index is 1.21. The maximum atomic E-state index is 13.2. The molecule has 18 heteroatoms. The van der Waals surface area contributed by atoms with Gasteiger partial charge in [0.15, 0.2) is 0 Å². The van der Waals surface area contributed by atoms with Crippen molar-refractivity contribution >= 4 is 78.3 Å². The first kappa shape index (κ1) is 37.3. The number of aryl methyl sites for hydroxylation is 1. The van der Waals surface area contributed by atoms with Crippen LogP contribution in [-0.2, 0) is 20.0 Å². The van der Waals surface area contributed by atoms with Gasteiger partial charge in [-0.25, -0.2) is 45.5 Å². The van der Waals surface area contributed by atoms with Gasteiger partial charge in [0.05, 0.1) is 11.4 Å². The Bertz CT molecular complexity index is 2380. The number of carbonyl (C=O) groups is 4. The van der Waals surface area contributed by atoms with Crippen molar-refractivity contribution < 1.29 is 36.0 Å². The molecule has 0 heterocycles. The summed E-state index contributed by atoms with van der Waals surface area (Å²) in [5.74, 6) is 0. The third-order valence-corrected chi connectivity index (χ3v) is 9.89. The fraction of sp³-hybridized carbons (Fsp3) is 0.0286. The highest BCUT2D eigenvalue weighted by molar-refractivity contribution is 7.90. The van der Waals surface area contributed by atoms with Gasteiger partial charge in [0, 0.05) is 22.7 Å². The summed E-state index contributed by atoms with van der Waals surface area (Å²) in [6.45, 7) is 1.60. The molecule has 53 heavy (non-hydrogen) atoms. The van der Waals surface area contributed by atoms with Gasteiger partial charge < -0.3 is 31.9 Å². The van der Waals surface area contributed by atoms with E-state index in [1.165, 1.54) is 66.7 Å². The number of benzene rings is 5. The monoisotopic (exact) mass is 756 g/mol. The normalized spacial score (nSPS) is 11.0. The number of nitrogens with one attached hydrogen (secondary N) is 8. The topological polar surface area (TPSA) is 233 Å². The molecule has 0 aliphatic rings. The summed E-state index contributed by atoms with van der Waals surface area (Å²) in [7, 11) is -9.05. The zero-order valence-electron chi connectivity index (χ0n) is 27.7. The van der Waals surface area contributed by atoms with Gasteiger partial charge in [-0.1, -0.05) is 66.7 Å². The molecule has 0 radical (unpaired) electrons. The molecule has 0 spiro atoms. The molecule has 0 saturated heterocycles. The van der Waals surface area contributed by atoms with Gasteiger partial charge in [0.2, 0.25) is 0 Å². The molecule has 5 aromatic rings. The summed E-state index contributed by atoms with van der Waals surface area (Å²) in [6, 6.07) is 28.3. The highest BCUT2D eigenvalue weighted by Crippen LogP contribution is 2.24. The van der Waals surface area contributed by atoms with E-state index in [2.05, 4.69) is 31.9 Å². The van der Waals surface area contributed by atoms with E-state index in [1.54, 1.807) is 67.6 Å². The largest absolute Gasteiger partial charge is 0.333 e. The van der Waals surface area contributed by atoms with Crippen molar-refractivity contribution in [3.8, 4) is 0 Å². The minimum Gasteiger partial charge on any atom is -0.308 e. The number of rotatable bonds is 10. The van der Waals surface area contributed by atoms with Crippen LogP contribution in [0.15, 0.2) is 137 Å². The lowest BCUT2D eigenvalue weighted by Gasteiger charge is -2.15. The van der Waals surface area contributed by atoms with E-state index >= 15 is 0 Å². The Hall–Kier alpha value is -6.92. The van der Waals surface area contributed by atoms with Gasteiger partial charge in [-0.15, -0.1) is 0 Å². The van der Waals surface area contributed by atoms with Gasteiger partial charge in [0.25, 0.3) is 20.0 Å². The first-order chi connectivity index (χ1) is 25.3. The summed E-state index contributed by atoms with van der Waals surface area (Å²) in [4.78, 5) is 50.0. The molecule has 0 unspecified atom stereocenters. The number of carbonyl (C=O) groups excluding carboxylic acids is 4. The number of hydrogen-bond donors (Lipinski definition) is 8. The third-order valence-electron chi connectivity index (χ3n) is 7.11. The second kappa shape index (κ2) is 16.4. The van der Waals surface area contributed by atoms with Gasteiger partial charge in [-0.05, 0) is 73.2 Å².